The van der Waals surface area contributed by atoms with Crippen molar-refractivity contribution in [3.05, 3.63) is 64.8 Å². The lowest BCUT2D eigenvalue weighted by molar-refractivity contribution is 0.0304. The van der Waals surface area contributed by atoms with Crippen LogP contribution in [0.1, 0.15) is 46.5 Å². The molecule has 0 bridgehead atoms. The minimum atomic E-state index is -0.457. The van der Waals surface area contributed by atoms with Gasteiger partial charge >= 0.3 is 6.03 Å². The number of pyridine rings is 1. The normalized spacial score (nSPS) is 13.5. The van der Waals surface area contributed by atoms with Crippen molar-refractivity contribution in [2.75, 3.05) is 44.0 Å². The first-order chi connectivity index (χ1) is 18.1. The number of nitrogens with one attached hydrogen (secondary N) is 3. The van der Waals surface area contributed by atoms with Crippen molar-refractivity contribution in [2.45, 2.75) is 26.2 Å². The zero-order valence-electron chi connectivity index (χ0n) is 21.8. The maximum atomic E-state index is 13.2. The molecule has 0 saturated carbocycles. The Morgan fingerprint density at radius 3 is 2.37 bits per heavy atom. The van der Waals surface area contributed by atoms with Gasteiger partial charge in [0.2, 0.25) is 0 Å². The lowest BCUT2D eigenvalue weighted by atomic mass is 9.94. The van der Waals surface area contributed by atoms with E-state index in [0.717, 1.165) is 4.88 Å². The second-order valence-corrected chi connectivity index (χ2v) is 10.7. The molecule has 38 heavy (non-hydrogen) atoms. The average molecular weight is 538 g/mol. The number of ether oxygens (including phenoxy) is 2. The second-order valence-electron chi connectivity index (χ2n) is 9.67. The highest BCUT2D eigenvalue weighted by atomic mass is 32.1. The van der Waals surface area contributed by atoms with Crippen LogP contribution in [0.15, 0.2) is 48.7 Å². The van der Waals surface area contributed by atoms with Crippen LogP contribution in [0.5, 0.6) is 11.5 Å². The zero-order chi connectivity index (χ0) is 27.3. The van der Waals surface area contributed by atoms with Gasteiger partial charge in [-0.15, -0.1) is 11.3 Å². The largest absolute Gasteiger partial charge is 0.457 e. The first-order valence-electron chi connectivity index (χ1n) is 12.2. The van der Waals surface area contributed by atoms with Crippen molar-refractivity contribution in [1.82, 2.24) is 15.2 Å². The smallest absolute Gasteiger partial charge is 0.324 e. The van der Waals surface area contributed by atoms with Crippen LogP contribution in [0, 0.1) is 0 Å². The van der Waals surface area contributed by atoms with Gasteiger partial charge in [0.05, 0.1) is 18.8 Å². The van der Waals surface area contributed by atoms with Crippen molar-refractivity contribution >= 4 is 39.9 Å². The SMILES string of the molecule is CNC(=O)c1cc(Oc2ccc(NC(=O)Nc3sc(C(C)(C)C)cc3C(=O)N3CCOCC3)cc2)ccn1. The Kier molecular flexibility index (Phi) is 8.28. The van der Waals surface area contributed by atoms with E-state index >= 15 is 0 Å². The van der Waals surface area contributed by atoms with Crippen LogP contribution < -0.4 is 20.7 Å². The summed E-state index contributed by atoms with van der Waals surface area (Å²) in [4.78, 5) is 44.6. The number of carbonyl (C=O) groups excluding carboxylic acids is 3. The van der Waals surface area contributed by atoms with Gasteiger partial charge in [-0.2, -0.15) is 0 Å². The molecule has 1 aromatic carbocycles. The number of morpholine rings is 1. The van der Waals surface area contributed by atoms with Gasteiger partial charge in [-0.3, -0.25) is 19.9 Å². The molecule has 4 rings (SSSR count). The van der Waals surface area contributed by atoms with Crippen LogP contribution in [0.4, 0.5) is 15.5 Å². The molecule has 0 spiro atoms. The van der Waals surface area contributed by atoms with Crippen LogP contribution >= 0.6 is 11.3 Å². The molecule has 4 amide bonds. The summed E-state index contributed by atoms with van der Waals surface area (Å²) in [7, 11) is 1.53. The van der Waals surface area contributed by atoms with Crippen molar-refractivity contribution < 1.29 is 23.9 Å². The number of aromatic nitrogens is 1. The molecule has 0 atom stereocenters. The van der Waals surface area contributed by atoms with E-state index in [1.165, 1.54) is 24.6 Å². The number of anilines is 2. The molecular formula is C27H31N5O5S. The summed E-state index contributed by atoms with van der Waals surface area (Å²) in [6.45, 7) is 8.25. The summed E-state index contributed by atoms with van der Waals surface area (Å²) in [6, 6.07) is 11.4. The van der Waals surface area contributed by atoms with Gasteiger partial charge in [-0.05, 0) is 41.8 Å². The highest BCUT2D eigenvalue weighted by molar-refractivity contribution is 7.16. The second kappa shape index (κ2) is 11.6. The topological polar surface area (TPSA) is 122 Å². The lowest BCUT2D eigenvalue weighted by Gasteiger charge is -2.27. The molecule has 3 N–H and O–H groups in total. The quantitative estimate of drug-likeness (QED) is 0.419. The highest BCUT2D eigenvalue weighted by Crippen LogP contribution is 2.37. The zero-order valence-corrected chi connectivity index (χ0v) is 22.6. The number of nitrogens with zero attached hydrogens (tertiary/aromatic N) is 2. The number of benzene rings is 1. The molecule has 0 unspecified atom stereocenters. The van der Waals surface area contributed by atoms with Crippen LogP contribution in [-0.4, -0.2) is 61.1 Å². The van der Waals surface area contributed by atoms with Gasteiger partial charge < -0.3 is 25.0 Å². The molecular weight excluding hydrogens is 506 g/mol. The van der Waals surface area contributed by atoms with E-state index in [1.807, 2.05) is 6.07 Å². The average Bonchev–Trinajstić information content (AvgIpc) is 3.34. The summed E-state index contributed by atoms with van der Waals surface area (Å²) in [6.07, 6.45) is 1.49. The molecule has 11 heteroatoms. The maximum absolute atomic E-state index is 13.2. The number of thiophene rings is 1. The fraction of sp³-hybridized carbons (Fsp3) is 0.333. The van der Waals surface area contributed by atoms with E-state index in [-0.39, 0.29) is 22.9 Å². The minimum absolute atomic E-state index is 0.118. The highest BCUT2D eigenvalue weighted by Gasteiger charge is 2.27. The summed E-state index contributed by atoms with van der Waals surface area (Å²) >= 11 is 1.40. The number of amides is 4. The van der Waals surface area contributed by atoms with E-state index in [2.05, 4.69) is 41.7 Å². The molecule has 1 aliphatic rings. The van der Waals surface area contributed by atoms with Gasteiger partial charge in [0.15, 0.2) is 0 Å². The van der Waals surface area contributed by atoms with Crippen LogP contribution in [0.2, 0.25) is 0 Å². The number of carbonyl (C=O) groups is 3. The Bertz CT molecular complexity index is 1310. The number of urea groups is 1. The molecule has 1 saturated heterocycles. The molecule has 3 heterocycles. The lowest BCUT2D eigenvalue weighted by Crippen LogP contribution is -2.40. The summed E-state index contributed by atoms with van der Waals surface area (Å²) in [5, 5.41) is 8.69. The predicted molar refractivity (Wildman–Crippen MR) is 147 cm³/mol. The van der Waals surface area contributed by atoms with Crippen molar-refractivity contribution in [3.63, 3.8) is 0 Å². The number of rotatable bonds is 6. The van der Waals surface area contributed by atoms with Crippen LogP contribution in [0.3, 0.4) is 0 Å². The molecule has 0 radical (unpaired) electrons. The Hall–Kier alpha value is -3.96. The maximum Gasteiger partial charge on any atom is 0.324 e. The van der Waals surface area contributed by atoms with E-state index in [0.29, 0.717) is 54.1 Å². The Morgan fingerprint density at radius 2 is 1.71 bits per heavy atom. The Morgan fingerprint density at radius 1 is 1.00 bits per heavy atom. The van der Waals surface area contributed by atoms with Crippen molar-refractivity contribution in [3.8, 4) is 11.5 Å². The molecule has 0 aliphatic carbocycles. The van der Waals surface area contributed by atoms with Gasteiger partial charge in [-0.1, -0.05) is 20.8 Å². The third kappa shape index (κ3) is 6.67. The minimum Gasteiger partial charge on any atom is -0.457 e. The first kappa shape index (κ1) is 27.1. The van der Waals surface area contributed by atoms with Gasteiger partial charge in [0, 0.05) is 43.0 Å². The van der Waals surface area contributed by atoms with Crippen LogP contribution in [0.25, 0.3) is 0 Å². The van der Waals surface area contributed by atoms with Crippen molar-refractivity contribution in [2.24, 2.45) is 0 Å². The third-order valence-corrected chi connectivity index (χ3v) is 7.24. The Labute approximate surface area is 225 Å². The molecule has 10 nitrogen and oxygen atoms in total. The van der Waals surface area contributed by atoms with E-state index < -0.39 is 6.03 Å². The molecule has 2 aromatic heterocycles. The predicted octanol–water partition coefficient (Wildman–Crippen LogP) is 4.71. The molecule has 200 valence electrons. The first-order valence-corrected chi connectivity index (χ1v) is 13.0. The Balaban J connectivity index is 1.43. The molecule has 1 fully saturated rings. The molecule has 3 aromatic rings. The van der Waals surface area contributed by atoms with E-state index in [4.69, 9.17) is 9.47 Å². The summed E-state index contributed by atoms with van der Waals surface area (Å²) < 4.78 is 11.2. The van der Waals surface area contributed by atoms with Gasteiger partial charge in [-0.25, -0.2) is 4.79 Å². The summed E-state index contributed by atoms with van der Waals surface area (Å²) in [5.41, 5.74) is 1.10. The third-order valence-electron chi connectivity index (χ3n) is 5.77. The van der Waals surface area contributed by atoms with E-state index in [9.17, 15) is 14.4 Å². The molecule has 1 aliphatic heterocycles. The van der Waals surface area contributed by atoms with Crippen molar-refractivity contribution in [1.29, 1.82) is 0 Å². The van der Waals surface area contributed by atoms with E-state index in [1.54, 1.807) is 41.3 Å². The van der Waals surface area contributed by atoms with Gasteiger partial charge in [0.1, 0.15) is 22.2 Å². The summed E-state index contributed by atoms with van der Waals surface area (Å²) in [5.74, 6) is 0.557. The number of hydrogen-bond acceptors (Lipinski definition) is 7. The van der Waals surface area contributed by atoms with Crippen LogP contribution in [-0.2, 0) is 10.2 Å². The monoisotopic (exact) mass is 537 g/mol. The van der Waals surface area contributed by atoms with Gasteiger partial charge in [0.25, 0.3) is 11.8 Å². The fourth-order valence-corrected chi connectivity index (χ4v) is 4.79. The fourth-order valence-electron chi connectivity index (χ4n) is 3.68. The standard InChI is InChI=1S/C27H31N5O5S/c1-27(2,3)22-16-20(25(34)32-11-13-36-14-12-32)24(38-22)31-26(35)30-17-5-7-18(8-6-17)37-19-9-10-29-21(15-19)23(33)28-4/h5-10,15-16H,11-14H2,1-4H3,(H,28,33)(H2,30,31,35). The number of hydrogen-bond donors (Lipinski definition) is 3.